The lowest BCUT2D eigenvalue weighted by Gasteiger charge is -2.14. The van der Waals surface area contributed by atoms with Gasteiger partial charge in [0, 0.05) is 23.3 Å². The zero-order chi connectivity index (χ0) is 22.5. The van der Waals surface area contributed by atoms with Gasteiger partial charge in [0.15, 0.2) is 11.0 Å². The quantitative estimate of drug-likeness (QED) is 0.448. The normalized spacial score (nSPS) is 11.8. The zero-order valence-corrected chi connectivity index (χ0v) is 19.6. The number of anilines is 1. The van der Waals surface area contributed by atoms with Crippen LogP contribution in [0.15, 0.2) is 47.6 Å². The molecule has 0 unspecified atom stereocenters. The van der Waals surface area contributed by atoms with Crippen LogP contribution in [0.25, 0.3) is 0 Å². The molecule has 31 heavy (non-hydrogen) atoms. The number of thioether (sulfide) groups is 1. The Labute approximate surface area is 198 Å². The molecule has 0 saturated heterocycles. The fourth-order valence-electron chi connectivity index (χ4n) is 2.67. The highest BCUT2D eigenvalue weighted by atomic mass is 35.5. The standard InChI is InChI=1S/C20H18Cl3N5O2S/c1-11(24-19(30)12-3-8-15(22)16(23)9-12)18-26-27-20(28(18)2)31-10-17(29)25-14-6-4-13(21)5-7-14/h3-9,11H,10H2,1-2H3,(H,24,30)(H,25,29)/t11-/m1/s1. The summed E-state index contributed by atoms with van der Waals surface area (Å²) in [6.45, 7) is 1.79. The van der Waals surface area contributed by atoms with Gasteiger partial charge in [-0.05, 0) is 49.4 Å². The molecule has 0 aliphatic carbocycles. The third-order valence-electron chi connectivity index (χ3n) is 4.25. The number of nitrogens with zero attached hydrogens (tertiary/aromatic N) is 3. The topological polar surface area (TPSA) is 88.9 Å². The van der Waals surface area contributed by atoms with E-state index in [1.165, 1.54) is 17.8 Å². The van der Waals surface area contributed by atoms with Crippen molar-refractivity contribution >= 4 is 64.1 Å². The van der Waals surface area contributed by atoms with Gasteiger partial charge in [0.25, 0.3) is 5.91 Å². The van der Waals surface area contributed by atoms with Crippen LogP contribution in [-0.4, -0.2) is 32.3 Å². The second-order valence-corrected chi connectivity index (χ2v) is 8.76. The molecule has 3 rings (SSSR count). The molecule has 162 valence electrons. The minimum Gasteiger partial charge on any atom is -0.342 e. The summed E-state index contributed by atoms with van der Waals surface area (Å²) in [5, 5.41) is 15.7. The van der Waals surface area contributed by atoms with Gasteiger partial charge in [-0.3, -0.25) is 9.59 Å². The SMILES string of the molecule is C[C@@H](NC(=O)c1ccc(Cl)c(Cl)c1)c1nnc(SCC(=O)Nc2ccc(Cl)cc2)n1C. The van der Waals surface area contributed by atoms with Crippen LogP contribution in [0.2, 0.25) is 15.1 Å². The van der Waals surface area contributed by atoms with Crippen molar-refractivity contribution in [2.24, 2.45) is 7.05 Å². The smallest absolute Gasteiger partial charge is 0.251 e. The summed E-state index contributed by atoms with van der Waals surface area (Å²) in [7, 11) is 1.77. The number of aromatic nitrogens is 3. The number of benzene rings is 2. The summed E-state index contributed by atoms with van der Waals surface area (Å²) in [5.74, 6) is 0.205. The first-order valence-electron chi connectivity index (χ1n) is 9.08. The molecule has 2 amide bonds. The summed E-state index contributed by atoms with van der Waals surface area (Å²) < 4.78 is 1.74. The lowest BCUT2D eigenvalue weighted by atomic mass is 10.2. The van der Waals surface area contributed by atoms with Gasteiger partial charge in [-0.2, -0.15) is 0 Å². The second-order valence-electron chi connectivity index (χ2n) is 6.57. The third-order valence-corrected chi connectivity index (χ3v) is 6.26. The fourth-order valence-corrected chi connectivity index (χ4v) is 3.81. The number of amides is 2. The number of rotatable bonds is 7. The molecule has 0 radical (unpaired) electrons. The molecule has 0 spiro atoms. The van der Waals surface area contributed by atoms with Crippen molar-refractivity contribution < 1.29 is 9.59 Å². The molecule has 0 bridgehead atoms. The van der Waals surface area contributed by atoms with E-state index in [2.05, 4.69) is 20.8 Å². The first kappa shape index (κ1) is 23.4. The van der Waals surface area contributed by atoms with Crippen LogP contribution in [0.4, 0.5) is 5.69 Å². The Morgan fingerprint density at radius 1 is 1.06 bits per heavy atom. The monoisotopic (exact) mass is 497 g/mol. The van der Waals surface area contributed by atoms with Crippen LogP contribution < -0.4 is 10.6 Å². The number of hydrogen-bond acceptors (Lipinski definition) is 5. The second kappa shape index (κ2) is 10.4. The molecular weight excluding hydrogens is 481 g/mol. The average Bonchev–Trinajstić information content (AvgIpc) is 3.10. The van der Waals surface area contributed by atoms with Gasteiger partial charge in [-0.15, -0.1) is 10.2 Å². The van der Waals surface area contributed by atoms with Crippen LogP contribution in [-0.2, 0) is 11.8 Å². The average molecular weight is 499 g/mol. The third kappa shape index (κ3) is 6.13. The number of carbonyl (C=O) groups excluding carboxylic acids is 2. The molecule has 1 aromatic heterocycles. The van der Waals surface area contributed by atoms with Crippen molar-refractivity contribution in [3.8, 4) is 0 Å². The van der Waals surface area contributed by atoms with Crippen molar-refractivity contribution in [3.05, 3.63) is 68.9 Å². The molecule has 0 fully saturated rings. The van der Waals surface area contributed by atoms with Gasteiger partial charge in [-0.25, -0.2) is 0 Å². The van der Waals surface area contributed by atoms with Gasteiger partial charge in [-0.1, -0.05) is 46.6 Å². The van der Waals surface area contributed by atoms with Crippen molar-refractivity contribution in [1.29, 1.82) is 0 Å². The maximum absolute atomic E-state index is 12.5. The Bertz CT molecular complexity index is 1100. The number of hydrogen-bond donors (Lipinski definition) is 2. The fraction of sp³-hybridized carbons (Fsp3) is 0.200. The number of halogens is 3. The molecule has 0 aliphatic heterocycles. The Morgan fingerprint density at radius 3 is 2.45 bits per heavy atom. The molecule has 0 aliphatic rings. The highest BCUT2D eigenvalue weighted by Gasteiger charge is 2.19. The Hall–Kier alpha value is -2.26. The van der Waals surface area contributed by atoms with Crippen LogP contribution >= 0.6 is 46.6 Å². The zero-order valence-electron chi connectivity index (χ0n) is 16.5. The van der Waals surface area contributed by atoms with E-state index in [9.17, 15) is 9.59 Å². The minimum atomic E-state index is -0.420. The Morgan fingerprint density at radius 2 is 1.77 bits per heavy atom. The van der Waals surface area contributed by atoms with E-state index < -0.39 is 6.04 Å². The first-order chi connectivity index (χ1) is 14.7. The van der Waals surface area contributed by atoms with E-state index in [1.54, 1.807) is 54.9 Å². The summed E-state index contributed by atoms with van der Waals surface area (Å²) in [6.07, 6.45) is 0. The summed E-state index contributed by atoms with van der Waals surface area (Å²) in [6, 6.07) is 11.1. The van der Waals surface area contributed by atoms with Crippen molar-refractivity contribution in [2.75, 3.05) is 11.1 Å². The van der Waals surface area contributed by atoms with Gasteiger partial charge >= 0.3 is 0 Å². The van der Waals surface area contributed by atoms with Crippen LogP contribution in [0.3, 0.4) is 0 Å². The molecule has 2 N–H and O–H groups in total. The van der Waals surface area contributed by atoms with Crippen molar-refractivity contribution in [3.63, 3.8) is 0 Å². The van der Waals surface area contributed by atoms with E-state index in [0.29, 0.717) is 37.3 Å². The van der Waals surface area contributed by atoms with Gasteiger partial charge in [0.1, 0.15) is 0 Å². The van der Waals surface area contributed by atoms with E-state index in [1.807, 2.05) is 0 Å². The summed E-state index contributed by atoms with van der Waals surface area (Å²) in [5.41, 5.74) is 1.05. The van der Waals surface area contributed by atoms with Gasteiger partial charge < -0.3 is 15.2 Å². The molecule has 7 nitrogen and oxygen atoms in total. The van der Waals surface area contributed by atoms with Crippen molar-refractivity contribution in [1.82, 2.24) is 20.1 Å². The molecule has 1 heterocycles. The number of carbonyl (C=O) groups is 2. The Balaban J connectivity index is 1.58. The van der Waals surface area contributed by atoms with Crippen LogP contribution in [0.5, 0.6) is 0 Å². The van der Waals surface area contributed by atoms with E-state index in [-0.39, 0.29) is 17.6 Å². The summed E-state index contributed by atoms with van der Waals surface area (Å²) in [4.78, 5) is 24.7. The molecule has 11 heteroatoms. The predicted octanol–water partition coefficient (Wildman–Crippen LogP) is 5.00. The maximum atomic E-state index is 12.5. The Kier molecular flexibility index (Phi) is 7.83. The van der Waals surface area contributed by atoms with Gasteiger partial charge in [0.05, 0.1) is 21.8 Å². The highest BCUT2D eigenvalue weighted by molar-refractivity contribution is 7.99. The lowest BCUT2D eigenvalue weighted by molar-refractivity contribution is -0.113. The van der Waals surface area contributed by atoms with E-state index in [4.69, 9.17) is 34.8 Å². The highest BCUT2D eigenvalue weighted by Crippen LogP contribution is 2.24. The molecular formula is C20H18Cl3N5O2S. The molecule has 0 saturated carbocycles. The molecule has 3 aromatic rings. The molecule has 1 atom stereocenters. The largest absolute Gasteiger partial charge is 0.342 e. The summed E-state index contributed by atoms with van der Waals surface area (Å²) >= 11 is 19.0. The van der Waals surface area contributed by atoms with Gasteiger partial charge in [0.2, 0.25) is 5.91 Å². The molecule has 2 aromatic carbocycles. The van der Waals surface area contributed by atoms with E-state index >= 15 is 0 Å². The van der Waals surface area contributed by atoms with Crippen molar-refractivity contribution in [2.45, 2.75) is 18.1 Å². The predicted molar refractivity (Wildman–Crippen MR) is 124 cm³/mol. The maximum Gasteiger partial charge on any atom is 0.251 e. The van der Waals surface area contributed by atoms with Crippen LogP contribution in [0, 0.1) is 0 Å². The number of nitrogens with one attached hydrogen (secondary N) is 2. The van der Waals surface area contributed by atoms with Crippen LogP contribution in [0.1, 0.15) is 29.1 Å². The first-order valence-corrected chi connectivity index (χ1v) is 11.2. The minimum absolute atomic E-state index is 0.151. The van der Waals surface area contributed by atoms with E-state index in [0.717, 1.165) is 0 Å². The lowest BCUT2D eigenvalue weighted by Crippen LogP contribution is -2.28.